The summed E-state index contributed by atoms with van der Waals surface area (Å²) in [5.41, 5.74) is 2.18. The van der Waals surface area contributed by atoms with Crippen LogP contribution in [-0.2, 0) is 6.18 Å². The number of hydrogen-bond acceptors (Lipinski definition) is 5. The molecule has 1 aromatic heterocycles. The van der Waals surface area contributed by atoms with Crippen LogP contribution in [0.1, 0.15) is 11.1 Å². The smallest absolute Gasteiger partial charge is 0.416 e. The summed E-state index contributed by atoms with van der Waals surface area (Å²) < 4.78 is 45.0. The number of thiazole rings is 1. The molecule has 0 saturated heterocycles. The van der Waals surface area contributed by atoms with Crippen molar-refractivity contribution in [2.24, 2.45) is 0 Å². The molecule has 4 aromatic rings. The molecule has 6 nitrogen and oxygen atoms in total. The van der Waals surface area contributed by atoms with Gasteiger partial charge in [-0.05, 0) is 42.5 Å². The van der Waals surface area contributed by atoms with Crippen molar-refractivity contribution in [3.63, 3.8) is 0 Å². The Bertz CT molecular complexity index is 1350. The first-order valence-electron chi connectivity index (χ1n) is 9.13. The van der Waals surface area contributed by atoms with Gasteiger partial charge in [0.25, 0.3) is 0 Å². The van der Waals surface area contributed by atoms with E-state index in [1.165, 1.54) is 29.5 Å². The van der Waals surface area contributed by atoms with Crippen molar-refractivity contribution in [2.75, 3.05) is 10.6 Å². The normalized spacial score (nSPS) is 11.1. The van der Waals surface area contributed by atoms with Crippen molar-refractivity contribution < 1.29 is 22.7 Å². The lowest BCUT2D eigenvalue weighted by Crippen LogP contribution is -2.19. The maximum atomic E-state index is 12.8. The Labute approximate surface area is 183 Å². The van der Waals surface area contributed by atoms with Crippen LogP contribution in [0.4, 0.5) is 29.3 Å². The molecular weight excluding hydrogens is 441 g/mol. The van der Waals surface area contributed by atoms with E-state index in [1.54, 1.807) is 35.8 Å². The minimum atomic E-state index is -4.51. The van der Waals surface area contributed by atoms with E-state index < -0.39 is 17.8 Å². The average Bonchev–Trinajstić information content (AvgIpc) is 3.22. The number of anilines is 2. The zero-order valence-corrected chi connectivity index (χ0v) is 16.9. The highest BCUT2D eigenvalue weighted by atomic mass is 32.1. The third-order valence-electron chi connectivity index (χ3n) is 4.34. The minimum Gasteiger partial charge on any atom is -0.456 e. The molecule has 0 spiro atoms. The van der Waals surface area contributed by atoms with Crippen molar-refractivity contribution in [3.8, 4) is 17.6 Å². The topological polar surface area (TPSA) is 87.0 Å². The molecule has 0 aliphatic heterocycles. The van der Waals surface area contributed by atoms with Crippen molar-refractivity contribution in [2.45, 2.75) is 6.18 Å². The number of benzene rings is 3. The lowest BCUT2D eigenvalue weighted by atomic mass is 10.2. The molecule has 0 aliphatic rings. The Kier molecular flexibility index (Phi) is 5.66. The predicted octanol–water partition coefficient (Wildman–Crippen LogP) is 6.62. The molecule has 0 radical (unpaired) electrons. The van der Waals surface area contributed by atoms with Crippen LogP contribution in [0.3, 0.4) is 0 Å². The van der Waals surface area contributed by atoms with Crippen molar-refractivity contribution in [1.82, 2.24) is 4.98 Å². The number of aromatic nitrogens is 1. The molecule has 10 heteroatoms. The fourth-order valence-corrected chi connectivity index (χ4v) is 3.71. The van der Waals surface area contributed by atoms with Crippen LogP contribution in [0.25, 0.3) is 10.2 Å². The molecule has 1 heterocycles. The molecule has 0 bridgehead atoms. The van der Waals surface area contributed by atoms with Gasteiger partial charge in [0.2, 0.25) is 0 Å². The number of rotatable bonds is 4. The highest BCUT2D eigenvalue weighted by molar-refractivity contribution is 7.17. The van der Waals surface area contributed by atoms with Gasteiger partial charge < -0.3 is 15.4 Å². The van der Waals surface area contributed by atoms with E-state index in [0.717, 1.165) is 12.1 Å². The van der Waals surface area contributed by atoms with Gasteiger partial charge in [-0.3, -0.25) is 0 Å². The molecular formula is C22H13F3N4O2S. The molecule has 2 amide bonds. The quantitative estimate of drug-likeness (QED) is 0.363. The Morgan fingerprint density at radius 3 is 2.47 bits per heavy atom. The highest BCUT2D eigenvalue weighted by Crippen LogP contribution is 2.34. The predicted molar refractivity (Wildman–Crippen MR) is 115 cm³/mol. The van der Waals surface area contributed by atoms with Crippen molar-refractivity contribution >= 4 is 39.0 Å². The molecule has 0 saturated carbocycles. The van der Waals surface area contributed by atoms with Crippen LogP contribution in [0.2, 0.25) is 0 Å². The van der Waals surface area contributed by atoms with Gasteiger partial charge in [0.15, 0.2) is 0 Å². The summed E-state index contributed by atoms with van der Waals surface area (Å²) in [5.74, 6) is 0.706. The van der Waals surface area contributed by atoms with Gasteiger partial charge in [-0.25, -0.2) is 9.78 Å². The Morgan fingerprint density at radius 1 is 1.03 bits per heavy atom. The summed E-state index contributed by atoms with van der Waals surface area (Å²) in [6, 6.07) is 15.5. The van der Waals surface area contributed by atoms with E-state index in [4.69, 9.17) is 4.74 Å². The number of carbonyl (C=O) groups is 1. The van der Waals surface area contributed by atoms with E-state index >= 15 is 0 Å². The summed E-state index contributed by atoms with van der Waals surface area (Å²) in [6.45, 7) is 0. The second kappa shape index (κ2) is 8.56. The summed E-state index contributed by atoms with van der Waals surface area (Å²) in [4.78, 5) is 16.4. The van der Waals surface area contributed by atoms with Crippen LogP contribution < -0.4 is 15.4 Å². The standard InChI is InChI=1S/C22H13F3N4O2S/c23-22(24,25)13-3-1-4-14(9-13)28-21(30)29-15-5-2-6-16(10-15)31-19-8-7-18-20(17(19)11-26)32-12-27-18/h1-10,12H,(H2,28,29,30). The first-order valence-corrected chi connectivity index (χ1v) is 10.0. The zero-order valence-electron chi connectivity index (χ0n) is 16.1. The van der Waals surface area contributed by atoms with Crippen LogP contribution in [0.5, 0.6) is 11.5 Å². The largest absolute Gasteiger partial charge is 0.456 e. The maximum Gasteiger partial charge on any atom is 0.416 e. The average molecular weight is 454 g/mol. The monoisotopic (exact) mass is 454 g/mol. The molecule has 0 fully saturated rings. The van der Waals surface area contributed by atoms with E-state index in [1.807, 2.05) is 0 Å². The number of carbonyl (C=O) groups excluding carboxylic acids is 1. The zero-order chi connectivity index (χ0) is 22.7. The second-order valence-electron chi connectivity index (χ2n) is 6.54. The van der Waals surface area contributed by atoms with Gasteiger partial charge in [0, 0.05) is 17.4 Å². The number of ether oxygens (including phenoxy) is 1. The van der Waals surface area contributed by atoms with Crippen molar-refractivity contribution in [3.05, 3.63) is 77.3 Å². The number of nitriles is 1. The van der Waals surface area contributed by atoms with E-state index in [-0.39, 0.29) is 5.69 Å². The van der Waals surface area contributed by atoms with Gasteiger partial charge >= 0.3 is 12.2 Å². The van der Waals surface area contributed by atoms with Crippen LogP contribution in [-0.4, -0.2) is 11.0 Å². The van der Waals surface area contributed by atoms with E-state index in [9.17, 15) is 23.2 Å². The first kappa shape index (κ1) is 21.1. The van der Waals surface area contributed by atoms with Crippen LogP contribution >= 0.6 is 11.3 Å². The fraction of sp³-hybridized carbons (Fsp3) is 0.0455. The lowest BCUT2D eigenvalue weighted by molar-refractivity contribution is -0.137. The van der Waals surface area contributed by atoms with Crippen molar-refractivity contribution in [1.29, 1.82) is 5.26 Å². The van der Waals surface area contributed by atoms with E-state index in [2.05, 4.69) is 21.7 Å². The number of nitrogens with zero attached hydrogens (tertiary/aromatic N) is 2. The molecule has 0 unspecified atom stereocenters. The number of fused-ring (bicyclic) bond motifs is 1. The fourth-order valence-electron chi connectivity index (χ4n) is 2.93. The third kappa shape index (κ3) is 4.63. The Balaban J connectivity index is 1.48. The summed E-state index contributed by atoms with van der Waals surface area (Å²) in [7, 11) is 0. The lowest BCUT2D eigenvalue weighted by Gasteiger charge is -2.12. The van der Waals surface area contributed by atoms with Gasteiger partial charge in [-0.1, -0.05) is 12.1 Å². The molecule has 32 heavy (non-hydrogen) atoms. The second-order valence-corrected chi connectivity index (χ2v) is 7.39. The van der Waals surface area contributed by atoms with Gasteiger partial charge in [-0.2, -0.15) is 18.4 Å². The number of nitrogens with one attached hydrogen (secondary N) is 2. The molecule has 2 N–H and O–H groups in total. The molecule has 4 rings (SSSR count). The SMILES string of the molecule is N#Cc1c(Oc2cccc(NC(=O)Nc3cccc(C(F)(F)F)c3)c2)ccc2ncsc12. The highest BCUT2D eigenvalue weighted by Gasteiger charge is 2.30. The van der Waals surface area contributed by atoms with Gasteiger partial charge in [0.05, 0.1) is 21.3 Å². The molecule has 0 aliphatic carbocycles. The maximum absolute atomic E-state index is 12.8. The summed E-state index contributed by atoms with van der Waals surface area (Å²) in [5, 5.41) is 14.4. The van der Waals surface area contributed by atoms with E-state index in [0.29, 0.717) is 33.0 Å². The number of amides is 2. The summed E-state index contributed by atoms with van der Waals surface area (Å²) in [6.07, 6.45) is -4.51. The van der Waals surface area contributed by atoms with Crippen LogP contribution in [0, 0.1) is 11.3 Å². The summed E-state index contributed by atoms with van der Waals surface area (Å²) >= 11 is 1.33. The minimum absolute atomic E-state index is 0.00116. The number of urea groups is 1. The molecule has 0 atom stereocenters. The first-order chi connectivity index (χ1) is 15.3. The van der Waals surface area contributed by atoms with Crippen LogP contribution in [0.15, 0.2) is 66.2 Å². The van der Waals surface area contributed by atoms with Gasteiger partial charge in [-0.15, -0.1) is 11.3 Å². The Hall–Kier alpha value is -4.10. The van der Waals surface area contributed by atoms with Gasteiger partial charge in [0.1, 0.15) is 23.1 Å². The number of alkyl halides is 3. The molecule has 160 valence electrons. The molecule has 3 aromatic carbocycles. The Morgan fingerprint density at radius 2 is 1.75 bits per heavy atom. The third-order valence-corrected chi connectivity index (χ3v) is 5.20. The number of hydrogen-bond donors (Lipinski definition) is 2. The number of halogens is 3.